The van der Waals surface area contributed by atoms with Crippen LogP contribution in [0.25, 0.3) is 0 Å². The van der Waals surface area contributed by atoms with E-state index in [1.54, 1.807) is 6.92 Å². The summed E-state index contributed by atoms with van der Waals surface area (Å²) in [7, 11) is -2.95. The highest BCUT2D eigenvalue weighted by Crippen LogP contribution is 2.00. The van der Waals surface area contributed by atoms with E-state index in [-0.39, 0.29) is 11.8 Å². The summed E-state index contributed by atoms with van der Waals surface area (Å²) in [5.41, 5.74) is 1.42. The van der Waals surface area contributed by atoms with Gasteiger partial charge in [0, 0.05) is 18.8 Å². The Hall–Kier alpha value is -0.950. The Bertz CT molecular complexity index is 413. The van der Waals surface area contributed by atoms with Crippen molar-refractivity contribution in [3.8, 4) is 0 Å². The second kappa shape index (κ2) is 4.71. The summed E-state index contributed by atoms with van der Waals surface area (Å²) in [6.07, 6.45) is 1.22. The molecule has 1 N–H and O–H groups in total. The highest BCUT2D eigenvalue weighted by molar-refractivity contribution is 7.90. The first-order chi connectivity index (χ1) is 6.88. The Morgan fingerprint density at radius 2 is 2.13 bits per heavy atom. The highest BCUT2D eigenvalue weighted by Gasteiger charge is 2.11. The summed E-state index contributed by atoms with van der Waals surface area (Å²) in [6.45, 7) is 4.06. The molecule has 0 bridgehead atoms. The third kappa shape index (κ3) is 4.39. The van der Waals surface area contributed by atoms with Gasteiger partial charge in [0.15, 0.2) is 0 Å². The van der Waals surface area contributed by atoms with Crippen LogP contribution in [0.4, 0.5) is 0 Å². The zero-order valence-corrected chi connectivity index (χ0v) is 9.84. The van der Waals surface area contributed by atoms with Gasteiger partial charge in [0.05, 0.1) is 5.75 Å². The van der Waals surface area contributed by atoms with E-state index in [2.05, 4.69) is 20.3 Å². The van der Waals surface area contributed by atoms with Crippen LogP contribution in [0.15, 0.2) is 4.63 Å². The molecule has 0 aliphatic carbocycles. The summed E-state index contributed by atoms with van der Waals surface area (Å²) >= 11 is 0. The van der Waals surface area contributed by atoms with Crippen LogP contribution >= 0.6 is 0 Å². The number of sulfone groups is 1. The van der Waals surface area contributed by atoms with Gasteiger partial charge in [-0.2, -0.15) is 0 Å². The monoisotopic (exact) mass is 233 g/mol. The largest absolute Gasteiger partial charge is 0.307 e. The molecule has 0 amide bonds. The summed E-state index contributed by atoms with van der Waals surface area (Å²) in [5.74, 6) is 0.108. The average Bonchev–Trinajstić information content (AvgIpc) is 2.44. The van der Waals surface area contributed by atoms with Gasteiger partial charge in [-0.15, -0.1) is 0 Å². The number of hydrogen-bond acceptors (Lipinski definition) is 6. The second-order valence-electron chi connectivity index (χ2n) is 3.67. The van der Waals surface area contributed by atoms with Crippen molar-refractivity contribution in [2.75, 3.05) is 12.0 Å². The van der Waals surface area contributed by atoms with Crippen molar-refractivity contribution >= 4 is 9.84 Å². The van der Waals surface area contributed by atoms with Crippen LogP contribution in [0.1, 0.15) is 18.3 Å². The molecule has 15 heavy (non-hydrogen) atoms. The minimum absolute atomic E-state index is 0.108. The molecule has 1 atom stereocenters. The highest BCUT2D eigenvalue weighted by atomic mass is 32.2. The molecule has 0 aliphatic heterocycles. The van der Waals surface area contributed by atoms with Crippen LogP contribution < -0.4 is 5.32 Å². The number of aryl methyl sites for hydroxylation is 1. The lowest BCUT2D eigenvalue weighted by Crippen LogP contribution is -2.32. The lowest BCUT2D eigenvalue weighted by atomic mass is 10.3. The van der Waals surface area contributed by atoms with Crippen LogP contribution in [-0.4, -0.2) is 36.8 Å². The van der Waals surface area contributed by atoms with Crippen molar-refractivity contribution in [2.24, 2.45) is 0 Å². The predicted octanol–water partition coefficient (Wildman–Crippen LogP) is -0.0993. The maximum Gasteiger partial charge on any atom is 0.148 e. The molecule has 1 aromatic rings. The Kier molecular flexibility index (Phi) is 3.81. The Labute approximate surface area is 88.9 Å². The molecule has 6 nitrogen and oxygen atoms in total. The molecule has 86 valence electrons. The van der Waals surface area contributed by atoms with Crippen molar-refractivity contribution in [1.82, 2.24) is 15.6 Å². The average molecular weight is 233 g/mol. The Morgan fingerprint density at radius 1 is 1.47 bits per heavy atom. The van der Waals surface area contributed by atoms with E-state index in [0.29, 0.717) is 17.9 Å². The zero-order valence-electron chi connectivity index (χ0n) is 9.02. The number of aromatic nitrogens is 2. The molecule has 0 spiro atoms. The minimum atomic E-state index is -2.95. The Balaban J connectivity index is 2.41. The maximum atomic E-state index is 11.0. The minimum Gasteiger partial charge on any atom is -0.307 e. The van der Waals surface area contributed by atoms with E-state index < -0.39 is 9.84 Å². The van der Waals surface area contributed by atoms with Crippen LogP contribution in [0.3, 0.4) is 0 Å². The molecule has 7 heteroatoms. The van der Waals surface area contributed by atoms with Crippen molar-refractivity contribution in [2.45, 2.75) is 26.4 Å². The maximum absolute atomic E-state index is 11.0. The van der Waals surface area contributed by atoms with E-state index in [4.69, 9.17) is 0 Å². The summed E-state index contributed by atoms with van der Waals surface area (Å²) in [4.78, 5) is 0. The van der Waals surface area contributed by atoms with Gasteiger partial charge in [0.1, 0.15) is 21.2 Å². The van der Waals surface area contributed by atoms with Crippen molar-refractivity contribution in [3.63, 3.8) is 0 Å². The fourth-order valence-corrected chi connectivity index (χ4v) is 2.22. The smallest absolute Gasteiger partial charge is 0.148 e. The van der Waals surface area contributed by atoms with Crippen LogP contribution in [0.2, 0.25) is 0 Å². The van der Waals surface area contributed by atoms with Gasteiger partial charge in [0.2, 0.25) is 0 Å². The third-order valence-corrected chi connectivity index (χ3v) is 3.02. The SMILES string of the molecule is Cc1nonc1CN[C@@H](C)CS(C)(=O)=O. The van der Waals surface area contributed by atoms with E-state index >= 15 is 0 Å². The number of hydrogen-bond donors (Lipinski definition) is 1. The van der Waals surface area contributed by atoms with Gasteiger partial charge >= 0.3 is 0 Å². The lowest BCUT2D eigenvalue weighted by molar-refractivity contribution is 0.300. The first-order valence-corrected chi connectivity index (χ1v) is 6.63. The molecule has 0 unspecified atom stereocenters. The Morgan fingerprint density at radius 3 is 2.60 bits per heavy atom. The molecule has 0 radical (unpaired) electrons. The summed E-state index contributed by atoms with van der Waals surface area (Å²) in [5, 5.41) is 10.4. The first-order valence-electron chi connectivity index (χ1n) is 4.57. The lowest BCUT2D eigenvalue weighted by Gasteiger charge is -2.10. The van der Waals surface area contributed by atoms with Crippen LogP contribution in [-0.2, 0) is 16.4 Å². The van der Waals surface area contributed by atoms with Gasteiger partial charge in [0.25, 0.3) is 0 Å². The van der Waals surface area contributed by atoms with Gasteiger partial charge in [-0.05, 0) is 13.8 Å². The second-order valence-corrected chi connectivity index (χ2v) is 5.86. The van der Waals surface area contributed by atoms with Crippen molar-refractivity contribution in [3.05, 3.63) is 11.4 Å². The van der Waals surface area contributed by atoms with Gasteiger partial charge in [-0.1, -0.05) is 10.3 Å². The molecule has 1 rings (SSSR count). The standard InChI is InChI=1S/C8H15N3O3S/c1-6(5-15(3,12)13)9-4-8-7(2)10-14-11-8/h6,9H,4-5H2,1-3H3/t6-/m0/s1. The number of rotatable bonds is 5. The normalized spacial score (nSPS) is 14.1. The summed E-state index contributed by atoms with van der Waals surface area (Å²) in [6, 6.07) is -0.115. The van der Waals surface area contributed by atoms with Gasteiger partial charge in [-0.25, -0.2) is 13.0 Å². The van der Waals surface area contributed by atoms with Crippen molar-refractivity contribution in [1.29, 1.82) is 0 Å². The molecule has 0 fully saturated rings. The molecule has 1 aromatic heterocycles. The molecule has 0 aliphatic rings. The fraction of sp³-hybridized carbons (Fsp3) is 0.750. The molecule has 0 saturated carbocycles. The molecule has 1 heterocycles. The topological polar surface area (TPSA) is 85.1 Å². The first kappa shape index (κ1) is 12.1. The number of nitrogens with one attached hydrogen (secondary N) is 1. The van der Waals surface area contributed by atoms with Crippen LogP contribution in [0, 0.1) is 6.92 Å². The quantitative estimate of drug-likeness (QED) is 0.764. The van der Waals surface area contributed by atoms with E-state index in [9.17, 15) is 8.42 Å². The van der Waals surface area contributed by atoms with E-state index in [1.165, 1.54) is 6.26 Å². The molecule has 0 saturated heterocycles. The third-order valence-electron chi connectivity index (χ3n) is 1.92. The fourth-order valence-electron chi connectivity index (χ4n) is 1.19. The van der Waals surface area contributed by atoms with E-state index in [0.717, 1.165) is 0 Å². The predicted molar refractivity (Wildman–Crippen MR) is 55.0 cm³/mol. The van der Waals surface area contributed by atoms with Gasteiger partial charge in [-0.3, -0.25) is 0 Å². The summed E-state index contributed by atoms with van der Waals surface area (Å²) < 4.78 is 26.5. The van der Waals surface area contributed by atoms with Gasteiger partial charge < -0.3 is 5.32 Å². The zero-order chi connectivity index (χ0) is 11.5. The molecule has 0 aromatic carbocycles. The molecular weight excluding hydrogens is 218 g/mol. The van der Waals surface area contributed by atoms with E-state index in [1.807, 2.05) is 6.92 Å². The molecular formula is C8H15N3O3S. The number of nitrogens with zero attached hydrogens (tertiary/aromatic N) is 2. The van der Waals surface area contributed by atoms with Crippen molar-refractivity contribution < 1.29 is 13.0 Å². The van der Waals surface area contributed by atoms with Crippen LogP contribution in [0.5, 0.6) is 0 Å².